The Labute approximate surface area is 59.3 Å². The Balaban J connectivity index is 3.36. The van der Waals surface area contributed by atoms with E-state index in [0.717, 1.165) is 0 Å². The van der Waals surface area contributed by atoms with Crippen LogP contribution in [-0.4, -0.2) is 17.1 Å². The monoisotopic (exact) mass is 142 g/mol. The summed E-state index contributed by atoms with van der Waals surface area (Å²) in [6.45, 7) is 0. The number of rotatable bonds is 4. The minimum atomic E-state index is -0.912. The Bertz CT molecular complexity index is 150. The van der Waals surface area contributed by atoms with E-state index in [4.69, 9.17) is 16.1 Å². The molecule has 0 spiro atoms. The second-order valence-electron chi connectivity index (χ2n) is 2.05. The second-order valence-corrected chi connectivity index (χ2v) is 2.05. The number of carboxylic acid groups (broad SMARTS) is 1. The molecule has 0 aromatic rings. The largest absolute Gasteiger partial charge is 0.481 e. The van der Waals surface area contributed by atoms with E-state index < -0.39 is 5.97 Å². The van der Waals surface area contributed by atoms with Crippen LogP contribution in [0, 0.1) is 11.3 Å². The Morgan fingerprint density at radius 3 is 2.80 bits per heavy atom. The van der Waals surface area contributed by atoms with Crippen molar-refractivity contribution in [3.8, 4) is 6.07 Å². The van der Waals surface area contributed by atoms with E-state index in [2.05, 4.69) is 0 Å². The Morgan fingerprint density at radius 2 is 2.40 bits per heavy atom. The Hall–Kier alpha value is -1.08. The lowest BCUT2D eigenvalue weighted by molar-refractivity contribution is -0.137. The van der Waals surface area contributed by atoms with Crippen LogP contribution in [0.25, 0.3) is 0 Å². The molecule has 0 aromatic heterocycles. The molecule has 0 aliphatic heterocycles. The minimum Gasteiger partial charge on any atom is -0.481 e. The van der Waals surface area contributed by atoms with Gasteiger partial charge in [0.25, 0.3) is 0 Å². The molecule has 0 saturated carbocycles. The van der Waals surface area contributed by atoms with Crippen molar-refractivity contribution in [2.24, 2.45) is 5.73 Å². The maximum absolute atomic E-state index is 10.0. The van der Waals surface area contributed by atoms with Gasteiger partial charge in [-0.3, -0.25) is 4.79 Å². The zero-order chi connectivity index (χ0) is 7.98. The van der Waals surface area contributed by atoms with Crippen molar-refractivity contribution in [2.75, 3.05) is 0 Å². The summed E-state index contributed by atoms with van der Waals surface area (Å²) in [6, 6.07) is 1.52. The molecular weight excluding hydrogens is 132 g/mol. The fraction of sp³-hybridized carbons (Fsp3) is 0.667. The van der Waals surface area contributed by atoms with Gasteiger partial charge in [-0.1, -0.05) is 0 Å². The summed E-state index contributed by atoms with van der Waals surface area (Å²) >= 11 is 0. The molecule has 4 heteroatoms. The lowest BCUT2D eigenvalue weighted by Crippen LogP contribution is -2.23. The van der Waals surface area contributed by atoms with Crippen LogP contribution in [0.5, 0.6) is 0 Å². The van der Waals surface area contributed by atoms with Gasteiger partial charge in [-0.2, -0.15) is 5.26 Å². The summed E-state index contributed by atoms with van der Waals surface area (Å²) in [5.74, 6) is -0.912. The third kappa shape index (κ3) is 5.06. The number of nitrogens with zero attached hydrogens (tertiary/aromatic N) is 1. The lowest BCUT2D eigenvalue weighted by atomic mass is 10.1. The molecule has 3 N–H and O–H groups in total. The van der Waals surface area contributed by atoms with E-state index in [9.17, 15) is 4.79 Å². The summed E-state index contributed by atoms with van der Waals surface area (Å²) in [6.07, 6.45) is 0.735. The van der Waals surface area contributed by atoms with Gasteiger partial charge >= 0.3 is 5.97 Å². The van der Waals surface area contributed by atoms with Crippen LogP contribution in [0.4, 0.5) is 0 Å². The molecule has 0 saturated heterocycles. The number of carbonyl (C=O) groups is 1. The number of carboxylic acids is 1. The van der Waals surface area contributed by atoms with Crippen LogP contribution in [-0.2, 0) is 4.79 Å². The number of nitriles is 1. The van der Waals surface area contributed by atoms with Crippen molar-refractivity contribution >= 4 is 5.97 Å². The van der Waals surface area contributed by atoms with Crippen LogP contribution < -0.4 is 5.73 Å². The average Bonchev–Trinajstić information content (AvgIpc) is 1.82. The third-order valence-electron chi connectivity index (χ3n) is 1.06. The molecule has 0 bridgehead atoms. The highest BCUT2D eigenvalue weighted by atomic mass is 16.4. The predicted molar refractivity (Wildman–Crippen MR) is 35.1 cm³/mol. The molecule has 4 nitrogen and oxygen atoms in total. The topological polar surface area (TPSA) is 87.1 Å². The van der Waals surface area contributed by atoms with Gasteiger partial charge in [0.2, 0.25) is 0 Å². The van der Waals surface area contributed by atoms with Crippen molar-refractivity contribution in [3.63, 3.8) is 0 Å². The molecule has 0 aliphatic carbocycles. The normalized spacial score (nSPS) is 12.0. The highest BCUT2D eigenvalue weighted by molar-refractivity contribution is 5.67. The maximum Gasteiger partial charge on any atom is 0.304 e. The molecule has 1 unspecified atom stereocenters. The molecule has 0 rings (SSSR count). The molecule has 0 aliphatic rings. The van der Waals surface area contributed by atoms with E-state index in [0.29, 0.717) is 12.8 Å². The van der Waals surface area contributed by atoms with Crippen LogP contribution in [0.3, 0.4) is 0 Å². The third-order valence-corrected chi connectivity index (χ3v) is 1.06. The molecule has 0 amide bonds. The predicted octanol–water partition coefficient (Wildman–Crippen LogP) is 0.0922. The molecule has 10 heavy (non-hydrogen) atoms. The first-order valence-electron chi connectivity index (χ1n) is 3.01. The Kier molecular flexibility index (Phi) is 4.25. The lowest BCUT2D eigenvalue weighted by Gasteiger charge is -2.03. The first kappa shape index (κ1) is 8.92. The molecule has 0 fully saturated rings. The second kappa shape index (κ2) is 4.77. The highest BCUT2D eigenvalue weighted by Gasteiger charge is 2.06. The van der Waals surface area contributed by atoms with Crippen LogP contribution in [0.1, 0.15) is 19.3 Å². The fourth-order valence-corrected chi connectivity index (χ4v) is 0.576. The van der Waals surface area contributed by atoms with E-state index in [1.807, 2.05) is 6.07 Å². The van der Waals surface area contributed by atoms with Gasteiger partial charge in [0, 0.05) is 12.5 Å². The molecule has 0 heterocycles. The van der Waals surface area contributed by atoms with Crippen molar-refractivity contribution in [2.45, 2.75) is 25.3 Å². The maximum atomic E-state index is 10.0. The van der Waals surface area contributed by atoms with Crippen molar-refractivity contribution < 1.29 is 9.90 Å². The summed E-state index contributed by atoms with van der Waals surface area (Å²) in [4.78, 5) is 10.0. The van der Waals surface area contributed by atoms with E-state index in [1.54, 1.807) is 0 Å². The number of hydrogen-bond acceptors (Lipinski definition) is 3. The van der Waals surface area contributed by atoms with Crippen LogP contribution >= 0.6 is 0 Å². The van der Waals surface area contributed by atoms with Crippen LogP contribution in [0.15, 0.2) is 0 Å². The zero-order valence-corrected chi connectivity index (χ0v) is 5.58. The van der Waals surface area contributed by atoms with Gasteiger partial charge in [0.1, 0.15) is 0 Å². The van der Waals surface area contributed by atoms with Gasteiger partial charge < -0.3 is 10.8 Å². The fourth-order valence-electron chi connectivity index (χ4n) is 0.576. The van der Waals surface area contributed by atoms with Crippen molar-refractivity contribution in [1.29, 1.82) is 5.26 Å². The molecule has 0 aromatic carbocycles. The van der Waals surface area contributed by atoms with Crippen molar-refractivity contribution in [3.05, 3.63) is 0 Å². The van der Waals surface area contributed by atoms with E-state index >= 15 is 0 Å². The van der Waals surface area contributed by atoms with Crippen LogP contribution in [0.2, 0.25) is 0 Å². The quantitative estimate of drug-likeness (QED) is 0.582. The summed E-state index contributed by atoms with van der Waals surface area (Å²) in [7, 11) is 0. The summed E-state index contributed by atoms with van der Waals surface area (Å²) in [5.41, 5.74) is 5.33. The average molecular weight is 142 g/mol. The van der Waals surface area contributed by atoms with E-state index in [-0.39, 0.29) is 12.5 Å². The highest BCUT2D eigenvalue weighted by Crippen LogP contribution is 1.97. The SMILES string of the molecule is N#CCCC(N)CC(=O)O. The Morgan fingerprint density at radius 1 is 1.80 bits per heavy atom. The minimum absolute atomic E-state index is 0.0539. The number of aliphatic carboxylic acids is 1. The first-order valence-corrected chi connectivity index (χ1v) is 3.01. The van der Waals surface area contributed by atoms with Gasteiger partial charge in [-0.05, 0) is 6.42 Å². The molecular formula is C6H10N2O2. The molecule has 56 valence electrons. The van der Waals surface area contributed by atoms with Gasteiger partial charge in [0.15, 0.2) is 0 Å². The summed E-state index contributed by atoms with van der Waals surface area (Å²) in [5, 5.41) is 16.3. The number of nitrogens with two attached hydrogens (primary N) is 1. The molecule has 0 radical (unpaired) electrons. The zero-order valence-electron chi connectivity index (χ0n) is 5.58. The van der Waals surface area contributed by atoms with Gasteiger partial charge in [-0.15, -0.1) is 0 Å². The van der Waals surface area contributed by atoms with E-state index in [1.165, 1.54) is 0 Å². The number of hydrogen-bond donors (Lipinski definition) is 2. The standard InChI is InChI=1S/C6H10N2O2/c7-3-1-2-5(8)4-6(9)10/h5H,1-2,4,8H2,(H,9,10). The first-order chi connectivity index (χ1) is 4.66. The van der Waals surface area contributed by atoms with Gasteiger partial charge in [0.05, 0.1) is 12.5 Å². The van der Waals surface area contributed by atoms with Gasteiger partial charge in [-0.25, -0.2) is 0 Å². The smallest absolute Gasteiger partial charge is 0.304 e. The molecule has 1 atom stereocenters. The summed E-state index contributed by atoms with van der Waals surface area (Å²) < 4.78 is 0. The van der Waals surface area contributed by atoms with Crippen molar-refractivity contribution in [1.82, 2.24) is 0 Å².